The SMILES string of the molecule is COc1cccc(C(=O)N2CCC(NC(=O)c3ccccc3Cl)CC2)c1. The van der Waals surface area contributed by atoms with E-state index >= 15 is 0 Å². The van der Waals surface area contributed by atoms with E-state index in [2.05, 4.69) is 5.32 Å². The number of halogens is 1. The number of methoxy groups -OCH3 is 1. The summed E-state index contributed by atoms with van der Waals surface area (Å²) in [4.78, 5) is 26.8. The number of ether oxygens (including phenoxy) is 1. The van der Waals surface area contributed by atoms with Crippen molar-refractivity contribution in [3.63, 3.8) is 0 Å². The molecule has 2 aromatic rings. The number of hydrogen-bond acceptors (Lipinski definition) is 3. The molecule has 2 amide bonds. The van der Waals surface area contributed by atoms with E-state index in [-0.39, 0.29) is 17.9 Å². The lowest BCUT2D eigenvalue weighted by molar-refractivity contribution is 0.0697. The fourth-order valence-corrected chi connectivity index (χ4v) is 3.30. The molecule has 1 saturated heterocycles. The monoisotopic (exact) mass is 372 g/mol. The number of likely N-dealkylation sites (tertiary alicyclic amines) is 1. The summed E-state index contributed by atoms with van der Waals surface area (Å²) in [5.74, 6) is 0.477. The molecule has 0 unspecified atom stereocenters. The molecule has 1 N–H and O–H groups in total. The lowest BCUT2D eigenvalue weighted by Crippen LogP contribution is -2.46. The molecular weight excluding hydrogens is 352 g/mol. The fourth-order valence-electron chi connectivity index (χ4n) is 3.07. The molecular formula is C20H21ClN2O3. The van der Waals surface area contributed by atoms with Gasteiger partial charge in [0.15, 0.2) is 0 Å². The first-order chi connectivity index (χ1) is 12.6. The maximum Gasteiger partial charge on any atom is 0.253 e. The number of carbonyl (C=O) groups excluding carboxylic acids is 2. The van der Waals surface area contributed by atoms with Gasteiger partial charge in [-0.2, -0.15) is 0 Å². The van der Waals surface area contributed by atoms with Gasteiger partial charge in [-0.25, -0.2) is 0 Å². The lowest BCUT2D eigenvalue weighted by atomic mass is 10.0. The second kappa shape index (κ2) is 8.23. The van der Waals surface area contributed by atoms with E-state index in [1.165, 1.54) is 0 Å². The molecule has 0 aliphatic carbocycles. The van der Waals surface area contributed by atoms with Crippen LogP contribution in [0, 0.1) is 0 Å². The van der Waals surface area contributed by atoms with Gasteiger partial charge in [-0.1, -0.05) is 29.8 Å². The van der Waals surface area contributed by atoms with Crippen LogP contribution in [0.25, 0.3) is 0 Å². The Hall–Kier alpha value is -2.53. The van der Waals surface area contributed by atoms with Gasteiger partial charge in [0, 0.05) is 24.7 Å². The van der Waals surface area contributed by atoms with E-state index < -0.39 is 0 Å². The maximum atomic E-state index is 12.6. The van der Waals surface area contributed by atoms with Crippen LogP contribution in [0.1, 0.15) is 33.6 Å². The average Bonchev–Trinajstić information content (AvgIpc) is 2.68. The molecule has 0 bridgehead atoms. The molecule has 0 atom stereocenters. The Morgan fingerprint density at radius 3 is 2.54 bits per heavy atom. The van der Waals surface area contributed by atoms with Gasteiger partial charge in [0.2, 0.25) is 0 Å². The minimum Gasteiger partial charge on any atom is -0.497 e. The Morgan fingerprint density at radius 2 is 1.85 bits per heavy atom. The third-order valence-corrected chi connectivity index (χ3v) is 4.88. The number of benzene rings is 2. The van der Waals surface area contributed by atoms with Crippen LogP contribution >= 0.6 is 11.6 Å². The van der Waals surface area contributed by atoms with Gasteiger partial charge >= 0.3 is 0 Å². The van der Waals surface area contributed by atoms with Gasteiger partial charge in [0.25, 0.3) is 11.8 Å². The molecule has 26 heavy (non-hydrogen) atoms. The van der Waals surface area contributed by atoms with Gasteiger partial charge in [-0.3, -0.25) is 9.59 Å². The fraction of sp³-hybridized carbons (Fsp3) is 0.300. The van der Waals surface area contributed by atoms with Crippen molar-refractivity contribution >= 4 is 23.4 Å². The summed E-state index contributed by atoms with van der Waals surface area (Å²) in [5.41, 5.74) is 1.09. The van der Waals surface area contributed by atoms with E-state index in [1.54, 1.807) is 43.5 Å². The summed E-state index contributed by atoms with van der Waals surface area (Å²) >= 11 is 6.07. The van der Waals surface area contributed by atoms with Crippen LogP contribution in [0.2, 0.25) is 5.02 Å². The number of nitrogens with zero attached hydrogens (tertiary/aromatic N) is 1. The molecule has 1 aliphatic rings. The lowest BCUT2D eigenvalue weighted by Gasteiger charge is -2.32. The van der Waals surface area contributed by atoms with E-state index in [9.17, 15) is 9.59 Å². The number of carbonyl (C=O) groups is 2. The van der Waals surface area contributed by atoms with Crippen molar-refractivity contribution < 1.29 is 14.3 Å². The highest BCUT2D eigenvalue weighted by atomic mass is 35.5. The summed E-state index contributed by atoms with van der Waals surface area (Å²) in [6.45, 7) is 1.20. The van der Waals surface area contributed by atoms with E-state index in [1.807, 2.05) is 17.0 Å². The maximum absolute atomic E-state index is 12.6. The zero-order valence-electron chi connectivity index (χ0n) is 14.6. The van der Waals surface area contributed by atoms with Crippen molar-refractivity contribution in [2.45, 2.75) is 18.9 Å². The standard InChI is InChI=1S/C20H21ClN2O3/c1-26-16-6-4-5-14(13-16)20(25)23-11-9-15(10-12-23)22-19(24)17-7-2-3-8-18(17)21/h2-8,13,15H,9-12H2,1H3,(H,22,24). The zero-order chi connectivity index (χ0) is 18.5. The Labute approximate surface area is 157 Å². The third kappa shape index (κ3) is 4.17. The van der Waals surface area contributed by atoms with Gasteiger partial charge in [0.05, 0.1) is 17.7 Å². The third-order valence-electron chi connectivity index (χ3n) is 4.55. The Bertz CT molecular complexity index is 801. The van der Waals surface area contributed by atoms with Crippen molar-refractivity contribution in [1.82, 2.24) is 10.2 Å². The van der Waals surface area contributed by atoms with Crippen LogP contribution in [0.3, 0.4) is 0 Å². The zero-order valence-corrected chi connectivity index (χ0v) is 15.3. The highest BCUT2D eigenvalue weighted by molar-refractivity contribution is 6.33. The minimum absolute atomic E-state index is 0.0141. The Morgan fingerprint density at radius 1 is 1.12 bits per heavy atom. The normalized spacial score (nSPS) is 14.8. The Balaban J connectivity index is 1.56. The van der Waals surface area contributed by atoms with Crippen molar-refractivity contribution in [1.29, 1.82) is 0 Å². The second-order valence-electron chi connectivity index (χ2n) is 6.25. The minimum atomic E-state index is -0.173. The molecule has 0 saturated carbocycles. The summed E-state index contributed by atoms with van der Waals surface area (Å²) in [6.07, 6.45) is 1.43. The Kier molecular flexibility index (Phi) is 5.78. The number of rotatable bonds is 4. The van der Waals surface area contributed by atoms with Gasteiger partial charge in [0.1, 0.15) is 5.75 Å². The van der Waals surface area contributed by atoms with Crippen LogP contribution in [0.4, 0.5) is 0 Å². The van der Waals surface area contributed by atoms with Crippen LogP contribution < -0.4 is 10.1 Å². The second-order valence-corrected chi connectivity index (χ2v) is 6.66. The van der Waals surface area contributed by atoms with Crippen LogP contribution in [-0.4, -0.2) is 43.0 Å². The van der Waals surface area contributed by atoms with Crippen LogP contribution in [-0.2, 0) is 0 Å². The summed E-state index contributed by atoms with van der Waals surface area (Å²) < 4.78 is 5.18. The molecule has 0 aromatic heterocycles. The smallest absolute Gasteiger partial charge is 0.253 e. The average molecular weight is 373 g/mol. The molecule has 6 heteroatoms. The largest absolute Gasteiger partial charge is 0.497 e. The molecule has 136 valence electrons. The molecule has 5 nitrogen and oxygen atoms in total. The van der Waals surface area contributed by atoms with Crippen molar-refractivity contribution in [3.8, 4) is 5.75 Å². The van der Waals surface area contributed by atoms with E-state index in [0.717, 1.165) is 0 Å². The predicted octanol–water partition coefficient (Wildman–Crippen LogP) is 3.38. The van der Waals surface area contributed by atoms with Crippen LogP contribution in [0.5, 0.6) is 5.75 Å². The van der Waals surface area contributed by atoms with E-state index in [0.29, 0.717) is 47.8 Å². The molecule has 1 aliphatic heterocycles. The predicted molar refractivity (Wildman–Crippen MR) is 101 cm³/mol. The first kappa shape index (κ1) is 18.3. The first-order valence-corrected chi connectivity index (χ1v) is 8.95. The number of hydrogen-bond donors (Lipinski definition) is 1. The molecule has 0 radical (unpaired) electrons. The molecule has 3 rings (SSSR count). The van der Waals surface area contributed by atoms with Crippen molar-refractivity contribution in [2.24, 2.45) is 0 Å². The van der Waals surface area contributed by atoms with Crippen molar-refractivity contribution in [3.05, 3.63) is 64.7 Å². The summed E-state index contributed by atoms with van der Waals surface area (Å²) in [6, 6.07) is 14.2. The molecule has 1 fully saturated rings. The quantitative estimate of drug-likeness (QED) is 0.895. The summed E-state index contributed by atoms with van der Waals surface area (Å²) in [7, 11) is 1.58. The van der Waals surface area contributed by atoms with Gasteiger partial charge in [-0.05, 0) is 43.2 Å². The topological polar surface area (TPSA) is 58.6 Å². The highest BCUT2D eigenvalue weighted by Gasteiger charge is 2.25. The summed E-state index contributed by atoms with van der Waals surface area (Å²) in [5, 5.41) is 3.45. The van der Waals surface area contributed by atoms with Crippen molar-refractivity contribution in [2.75, 3.05) is 20.2 Å². The number of nitrogens with one attached hydrogen (secondary N) is 1. The van der Waals surface area contributed by atoms with Crippen LogP contribution in [0.15, 0.2) is 48.5 Å². The number of piperidine rings is 1. The van der Waals surface area contributed by atoms with E-state index in [4.69, 9.17) is 16.3 Å². The van der Waals surface area contributed by atoms with Gasteiger partial charge < -0.3 is 15.0 Å². The molecule has 2 aromatic carbocycles. The molecule has 1 heterocycles. The molecule has 0 spiro atoms. The first-order valence-electron chi connectivity index (χ1n) is 8.57. The highest BCUT2D eigenvalue weighted by Crippen LogP contribution is 2.19. The van der Waals surface area contributed by atoms with Gasteiger partial charge in [-0.15, -0.1) is 0 Å². The number of amides is 2.